The third-order valence-corrected chi connectivity index (χ3v) is 22.0. The Hall–Kier alpha value is -15.0. The van der Waals surface area contributed by atoms with E-state index in [1.54, 1.807) is 134 Å². The smallest absolute Gasteiger partial charge is 0.231 e. The first-order chi connectivity index (χ1) is 61.9. The highest BCUT2D eigenvalue weighted by molar-refractivity contribution is 7.14. The topological polar surface area (TPSA) is 303 Å². The van der Waals surface area contributed by atoms with Crippen LogP contribution in [0.5, 0.6) is 23.0 Å². The number of nitrogens with one attached hydrogen (secondary N) is 5. The maximum Gasteiger partial charge on any atom is 0.231 e. The van der Waals surface area contributed by atoms with Crippen molar-refractivity contribution in [2.45, 2.75) is 13.2 Å². The molecule has 0 atom stereocenters. The van der Waals surface area contributed by atoms with Gasteiger partial charge in [-0.2, -0.15) is 0 Å². The van der Waals surface area contributed by atoms with Crippen LogP contribution in [0.15, 0.2) is 320 Å². The molecule has 0 saturated carbocycles. The van der Waals surface area contributed by atoms with Gasteiger partial charge in [-0.15, -0.1) is 56.7 Å². The summed E-state index contributed by atoms with van der Waals surface area (Å²) in [5.74, 6) is 3.84. The van der Waals surface area contributed by atoms with Crippen LogP contribution in [0, 0.1) is 17.5 Å². The van der Waals surface area contributed by atoms with E-state index in [0.717, 1.165) is 122 Å². The normalized spacial score (nSPS) is 10.9. The monoisotopic (exact) mass is 1800 g/mol. The Labute approximate surface area is 748 Å². The van der Waals surface area contributed by atoms with Gasteiger partial charge in [0, 0.05) is 163 Å². The Morgan fingerprint density at radius 1 is 0.317 bits per heavy atom. The molecule has 25 nitrogen and oxygen atoms in total. The summed E-state index contributed by atoms with van der Waals surface area (Å²) in [4.78, 5) is 69.0. The van der Waals surface area contributed by atoms with E-state index in [0.29, 0.717) is 75.5 Å². The molecular weight excluding hydrogens is 1740 g/mol. The average molecular weight is 1800 g/mol. The molecule has 0 bridgehead atoms. The van der Waals surface area contributed by atoms with Crippen LogP contribution < -0.4 is 45.5 Å². The van der Waals surface area contributed by atoms with Crippen molar-refractivity contribution < 1.29 is 32.1 Å². The first-order valence-corrected chi connectivity index (χ1v) is 43.1. The van der Waals surface area contributed by atoms with Gasteiger partial charge in [-0.3, -0.25) is 4.98 Å². The molecule has 35 heteroatoms. The van der Waals surface area contributed by atoms with Crippen molar-refractivity contribution >= 4 is 138 Å². The van der Waals surface area contributed by atoms with Crippen LogP contribution in [-0.4, -0.2) is 86.5 Å². The largest absolute Gasteiger partial charge is 0.489 e. The number of thiazole rings is 5. The molecule has 126 heavy (non-hydrogen) atoms. The lowest BCUT2D eigenvalue weighted by molar-refractivity contribution is 0.174. The van der Waals surface area contributed by atoms with Gasteiger partial charge in [0.05, 0.1) is 5.69 Å². The fraction of sp³-hybridized carbons (Fsp3) is 0.0330. The van der Waals surface area contributed by atoms with Gasteiger partial charge in [0.25, 0.3) is 0 Å². The molecular formula is C91H64Cl2F3N21O4S5. The second-order valence-electron chi connectivity index (χ2n) is 26.2. The number of aromatic nitrogens is 16. The van der Waals surface area contributed by atoms with Crippen molar-refractivity contribution in [3.63, 3.8) is 0 Å². The van der Waals surface area contributed by atoms with Crippen molar-refractivity contribution in [3.8, 4) is 98.8 Å². The SMILES string of the molecule is Clc1ccc(Cl)c(-c2cccc(Nc3nccc(-c4nccs4)n3)c2)c1.Fc1ccc(-c2cccc(Nc3nccc(-c4nccs4)n3)c2)c(F)c1.Fc1cccc(Nc2nccc(-c3nccs3)n2)c1.c1cc(Nc2nccc(-c3nccs3)n2)cc(OCc2ccc3c(c2)OCO3)c1.c1ccc(COc2cccc(Nc3nccc(-c4nccs4)n3)c2)nc1. The quantitative estimate of drug-likeness (QED) is 0.0397. The molecule has 19 aromatic rings. The van der Waals surface area contributed by atoms with E-state index in [1.807, 2.05) is 166 Å². The predicted molar refractivity (Wildman–Crippen MR) is 491 cm³/mol. The van der Waals surface area contributed by atoms with Crippen molar-refractivity contribution in [2.75, 3.05) is 33.4 Å². The summed E-state index contributed by atoms with van der Waals surface area (Å²) < 4.78 is 62.7. The summed E-state index contributed by atoms with van der Waals surface area (Å²) in [5.41, 5.74) is 12.3. The predicted octanol–water partition coefficient (Wildman–Crippen LogP) is 24.1. The van der Waals surface area contributed by atoms with Crippen LogP contribution in [0.4, 0.5) is 71.3 Å². The maximum absolute atomic E-state index is 14.0. The van der Waals surface area contributed by atoms with E-state index in [4.69, 9.17) is 42.1 Å². The zero-order chi connectivity index (χ0) is 86.0. The Morgan fingerprint density at radius 3 is 1.16 bits per heavy atom. The molecule has 1 aliphatic heterocycles. The van der Waals surface area contributed by atoms with E-state index < -0.39 is 11.6 Å². The second-order valence-corrected chi connectivity index (χ2v) is 31.5. The van der Waals surface area contributed by atoms with Gasteiger partial charge >= 0.3 is 0 Å². The lowest BCUT2D eigenvalue weighted by Gasteiger charge is -2.10. The van der Waals surface area contributed by atoms with Gasteiger partial charge in [0.2, 0.25) is 36.5 Å². The highest BCUT2D eigenvalue weighted by Gasteiger charge is 2.17. The number of pyridine rings is 1. The molecule has 5 N–H and O–H groups in total. The molecule has 12 heterocycles. The molecule has 0 radical (unpaired) electrons. The van der Waals surface area contributed by atoms with Gasteiger partial charge in [-0.1, -0.05) is 77.8 Å². The molecule has 0 unspecified atom stereocenters. The molecule has 1 aliphatic rings. The molecule has 0 fully saturated rings. The minimum absolute atomic E-state index is 0.263. The first-order valence-electron chi connectivity index (χ1n) is 38.0. The third-order valence-electron chi connectivity index (χ3n) is 17.5. The number of ether oxygens (including phenoxy) is 4. The molecule has 20 rings (SSSR count). The molecule has 0 spiro atoms. The molecule has 8 aromatic carbocycles. The fourth-order valence-corrected chi connectivity index (χ4v) is 15.2. The van der Waals surface area contributed by atoms with Gasteiger partial charge < -0.3 is 45.5 Å². The second kappa shape index (κ2) is 42.2. The Morgan fingerprint density at radius 2 is 0.730 bits per heavy atom. The van der Waals surface area contributed by atoms with Crippen LogP contribution in [0.25, 0.3) is 75.8 Å². The number of fused-ring (bicyclic) bond motifs is 1. The summed E-state index contributed by atoms with van der Waals surface area (Å²) in [7, 11) is 0. The van der Waals surface area contributed by atoms with E-state index in [1.165, 1.54) is 69.6 Å². The molecule has 0 saturated heterocycles. The van der Waals surface area contributed by atoms with Crippen molar-refractivity contribution in [3.05, 3.63) is 358 Å². The van der Waals surface area contributed by atoms with Gasteiger partial charge in [-0.25, -0.2) is 87.9 Å². The maximum atomic E-state index is 14.0. The van der Waals surface area contributed by atoms with Crippen LogP contribution >= 0.6 is 79.9 Å². The zero-order valence-electron chi connectivity index (χ0n) is 65.4. The summed E-state index contributed by atoms with van der Waals surface area (Å²) in [6.07, 6.45) is 18.9. The number of halogens is 5. The number of hydrogen-bond acceptors (Lipinski definition) is 30. The highest BCUT2D eigenvalue weighted by Crippen LogP contribution is 2.37. The van der Waals surface area contributed by atoms with Gasteiger partial charge in [0.15, 0.2) is 11.5 Å². The zero-order valence-corrected chi connectivity index (χ0v) is 71.0. The van der Waals surface area contributed by atoms with Crippen molar-refractivity contribution in [1.82, 2.24) is 79.7 Å². The van der Waals surface area contributed by atoms with Crippen LogP contribution in [0.3, 0.4) is 0 Å². The van der Waals surface area contributed by atoms with Gasteiger partial charge in [-0.05, 0) is 168 Å². The van der Waals surface area contributed by atoms with Crippen molar-refractivity contribution in [2.24, 2.45) is 0 Å². The Balaban J connectivity index is 0.000000117. The van der Waals surface area contributed by atoms with Crippen LogP contribution in [-0.2, 0) is 13.2 Å². The minimum atomic E-state index is -0.607. The van der Waals surface area contributed by atoms with E-state index in [-0.39, 0.29) is 12.6 Å². The summed E-state index contributed by atoms with van der Waals surface area (Å²) >= 11 is 20.0. The number of anilines is 10. The van der Waals surface area contributed by atoms with E-state index in [9.17, 15) is 13.2 Å². The third kappa shape index (κ3) is 23.8. The van der Waals surface area contributed by atoms with Crippen molar-refractivity contribution in [1.29, 1.82) is 0 Å². The molecule has 0 amide bonds. The summed E-state index contributed by atoms with van der Waals surface area (Å²) in [6.45, 7) is 1.11. The number of hydrogen-bond donors (Lipinski definition) is 5. The Kier molecular flexibility index (Phi) is 28.4. The number of nitrogens with zero attached hydrogens (tertiary/aromatic N) is 16. The lowest BCUT2D eigenvalue weighted by atomic mass is 10.0. The summed E-state index contributed by atoms with van der Waals surface area (Å²) in [6, 6.07) is 66.1. The first kappa shape index (κ1) is 84.6. The average Bonchev–Trinajstić information content (AvgIpc) is 1.83. The lowest BCUT2D eigenvalue weighted by Crippen LogP contribution is -2.00. The van der Waals surface area contributed by atoms with Crippen LogP contribution in [0.1, 0.15) is 11.3 Å². The molecule has 622 valence electrons. The van der Waals surface area contributed by atoms with Crippen LogP contribution in [0.2, 0.25) is 10.0 Å². The summed E-state index contributed by atoms with van der Waals surface area (Å²) in [5, 5.41) is 30.7. The molecule has 11 aromatic heterocycles. The minimum Gasteiger partial charge on any atom is -0.489 e. The standard InChI is InChI=1S/C21H16N4O3S.C19H12Cl2N4S.C19H12F2N4S.C19H15N5OS.C13H9FN4S/c1-2-15(24-21-23-7-6-17(25-21)20-22-8-9-29-20)11-16(3-1)26-12-14-4-5-18-19(10-14)28-13-27-18;20-13-4-5-16(21)15(11-13)12-2-1-3-14(10-12)24-19-23-7-6-17(25-19)18-22-8-9-26-18;20-13-4-5-15(16(21)11-13)12-2-1-3-14(10-12)24-19-23-7-6-17(25-19)18-22-8-9-26-18;1-2-8-20-15(4-1)13-25-16-6-3-5-14(12-16)23-19-22-9-7-17(24-19)18-21-10-11-26-18;14-9-2-1-3-10(8-9)17-13-16-5-4-11(18-13)12-15-6-7-19-12/h1-11H,12-13H2,(H,23,24,25);2*1-11H,(H,23,24,25);1-12H,13H2,(H,22,23,24);1-8H,(H,16,17,18). The van der Waals surface area contributed by atoms with E-state index in [2.05, 4.69) is 106 Å². The molecule has 0 aliphatic carbocycles. The van der Waals surface area contributed by atoms with E-state index >= 15 is 0 Å². The highest BCUT2D eigenvalue weighted by atomic mass is 35.5. The number of rotatable bonds is 23. The van der Waals surface area contributed by atoms with Gasteiger partial charge in [0.1, 0.15) is 95.7 Å². The fourth-order valence-electron chi connectivity index (χ4n) is 11.8. The Bertz CT molecular complexity index is 6770. The number of benzene rings is 8.